The highest BCUT2D eigenvalue weighted by atomic mass is 32.2. The molecule has 0 aliphatic rings. The second kappa shape index (κ2) is 10.7. The lowest BCUT2D eigenvalue weighted by atomic mass is 10.0. The number of aromatic nitrogens is 4. The van der Waals surface area contributed by atoms with Crippen molar-refractivity contribution in [2.75, 3.05) is 10.6 Å². The number of nitrogens with zero attached hydrogens (tertiary/aromatic N) is 2. The van der Waals surface area contributed by atoms with Crippen LogP contribution in [0.1, 0.15) is 0 Å². The number of hydrogen-bond acceptors (Lipinski definition) is 12. The van der Waals surface area contributed by atoms with E-state index in [0.717, 1.165) is 12.1 Å². The third kappa shape index (κ3) is 6.77. The van der Waals surface area contributed by atoms with Crippen LogP contribution in [0.5, 0.6) is 0 Å². The largest absolute Gasteiger partial charge is 0.326 e. The van der Waals surface area contributed by atoms with Crippen molar-refractivity contribution >= 4 is 93.2 Å². The van der Waals surface area contributed by atoms with Crippen LogP contribution in [0.4, 0.5) is 23.3 Å². The second-order valence-electron chi connectivity index (χ2n) is 7.53. The number of nitrogens with one attached hydrogen (secondary N) is 4. The summed E-state index contributed by atoms with van der Waals surface area (Å²) in [5.74, 6) is 0.284. The highest BCUT2D eigenvalue weighted by molar-refractivity contribution is 7.86. The Morgan fingerprint density at radius 2 is 1.05 bits per heavy atom. The first-order valence-corrected chi connectivity index (χ1v) is 14.7. The Morgan fingerprint density at radius 3 is 1.37 bits per heavy atom. The van der Waals surface area contributed by atoms with Crippen molar-refractivity contribution in [3.63, 3.8) is 0 Å². The lowest BCUT2D eigenvalue weighted by molar-refractivity contribution is 0.480. The quantitative estimate of drug-likeness (QED) is 0.0604. The van der Waals surface area contributed by atoms with E-state index < -0.39 is 30.0 Å². The number of anilines is 4. The van der Waals surface area contributed by atoms with Gasteiger partial charge in [-0.05, 0) is 24.3 Å². The van der Waals surface area contributed by atoms with E-state index in [4.69, 9.17) is 24.4 Å². The van der Waals surface area contributed by atoms with Crippen molar-refractivity contribution in [1.82, 2.24) is 19.9 Å². The van der Waals surface area contributed by atoms with Crippen LogP contribution in [0.3, 0.4) is 0 Å². The van der Waals surface area contributed by atoms with E-state index in [-0.39, 0.29) is 34.4 Å². The number of rotatable bonds is 7. The number of H-pyrrole nitrogens is 2. The molecule has 0 radical (unpaired) electrons. The van der Waals surface area contributed by atoms with Crippen LogP contribution in [0.15, 0.2) is 68.4 Å². The van der Waals surface area contributed by atoms with Crippen molar-refractivity contribution in [3.05, 3.63) is 57.8 Å². The fourth-order valence-corrected chi connectivity index (χ4v) is 5.87. The van der Waals surface area contributed by atoms with E-state index in [0.29, 0.717) is 19.3 Å². The predicted octanol–water partition coefficient (Wildman–Crippen LogP) is 4.82. The fourth-order valence-electron chi connectivity index (χ4n) is 3.35. The van der Waals surface area contributed by atoms with E-state index in [1.54, 1.807) is 0 Å². The fraction of sp³-hybridized carbons (Fsp3) is 0. The topological polar surface area (TPSA) is 190 Å². The maximum absolute atomic E-state index is 12.3. The Balaban J connectivity index is 1.82. The van der Waals surface area contributed by atoms with Crippen molar-refractivity contribution < 1.29 is 25.9 Å². The lowest BCUT2D eigenvalue weighted by Gasteiger charge is -2.15. The molecule has 6 N–H and O–H groups in total. The zero-order chi connectivity index (χ0) is 27.8. The number of aromatic amines is 2. The van der Waals surface area contributed by atoms with Gasteiger partial charge in [-0.3, -0.25) is 9.11 Å². The van der Waals surface area contributed by atoms with Crippen molar-refractivity contribution in [1.29, 1.82) is 0 Å². The van der Waals surface area contributed by atoms with Gasteiger partial charge >= 0.3 is 0 Å². The Labute approximate surface area is 237 Å². The van der Waals surface area contributed by atoms with E-state index in [1.807, 2.05) is 0 Å². The Bertz CT molecular complexity index is 1770. The van der Waals surface area contributed by atoms with Crippen LogP contribution in [0.25, 0.3) is 11.1 Å². The van der Waals surface area contributed by atoms with Crippen LogP contribution >= 0.6 is 49.7 Å². The minimum absolute atomic E-state index is 0.142. The zero-order valence-corrected chi connectivity index (χ0v) is 23.6. The zero-order valence-electron chi connectivity index (χ0n) is 18.6. The maximum atomic E-state index is 12.3. The summed E-state index contributed by atoms with van der Waals surface area (Å²) in [5.41, 5.74) is -0.0665. The monoisotopic (exact) mass is 628 g/mol. The van der Waals surface area contributed by atoms with Gasteiger partial charge < -0.3 is 20.6 Å². The molecule has 0 atom stereocenters. The Kier molecular flexibility index (Phi) is 7.96. The lowest BCUT2D eigenvalue weighted by Crippen LogP contribution is -2.07. The number of hydrogen-bond donors (Lipinski definition) is 8. The highest BCUT2D eigenvalue weighted by Crippen LogP contribution is 2.36. The molecule has 0 saturated heterocycles. The molecule has 4 rings (SSSR count). The summed E-state index contributed by atoms with van der Waals surface area (Å²) >= 11 is 18.4. The van der Waals surface area contributed by atoms with Gasteiger partial charge in [0, 0.05) is 34.6 Å². The Hall–Kier alpha value is -2.84. The molecule has 0 spiro atoms. The first-order chi connectivity index (χ1) is 17.7. The van der Waals surface area contributed by atoms with Gasteiger partial charge in [-0.15, -0.1) is 25.3 Å². The summed E-state index contributed by atoms with van der Waals surface area (Å²) in [5, 5.41) is 6.21. The van der Waals surface area contributed by atoms with Gasteiger partial charge in [0.1, 0.15) is 19.1 Å². The van der Waals surface area contributed by atoms with Gasteiger partial charge in [0.05, 0.1) is 10.1 Å². The summed E-state index contributed by atoms with van der Waals surface area (Å²) in [6.45, 7) is 0. The van der Waals surface area contributed by atoms with Crippen molar-refractivity contribution in [3.8, 4) is 11.1 Å². The average Bonchev–Trinajstić information content (AvgIpc) is 2.76. The first kappa shape index (κ1) is 28.2. The molecule has 0 fully saturated rings. The number of thiol groups is 2. The van der Waals surface area contributed by atoms with Crippen LogP contribution in [-0.2, 0) is 20.2 Å². The third-order valence-electron chi connectivity index (χ3n) is 4.79. The van der Waals surface area contributed by atoms with Crippen LogP contribution in [0, 0.1) is 9.28 Å². The SMILES string of the molecule is O=S(=O)(O)c1cc(Nc2nc(S)cc(=S)[nH]2)ccc1-c1ccc(Nc2nc(S)cc(=S)[nH]2)cc1S(=O)(=O)O. The van der Waals surface area contributed by atoms with Crippen molar-refractivity contribution in [2.45, 2.75) is 19.8 Å². The van der Waals surface area contributed by atoms with Gasteiger partial charge in [0.2, 0.25) is 11.9 Å². The van der Waals surface area contributed by atoms with Gasteiger partial charge in [-0.2, -0.15) is 16.8 Å². The van der Waals surface area contributed by atoms with E-state index in [1.165, 1.54) is 36.4 Å². The van der Waals surface area contributed by atoms with E-state index in [2.05, 4.69) is 55.8 Å². The van der Waals surface area contributed by atoms with E-state index >= 15 is 0 Å². The summed E-state index contributed by atoms with van der Waals surface area (Å²) in [4.78, 5) is 12.4. The minimum atomic E-state index is -4.88. The normalized spacial score (nSPS) is 11.8. The average molecular weight is 629 g/mol. The van der Waals surface area contributed by atoms with E-state index in [9.17, 15) is 25.9 Å². The van der Waals surface area contributed by atoms with Gasteiger partial charge in [-0.25, -0.2) is 9.97 Å². The molecule has 0 aliphatic heterocycles. The third-order valence-corrected chi connectivity index (χ3v) is 7.48. The molecule has 18 heteroatoms. The Morgan fingerprint density at radius 1 is 0.684 bits per heavy atom. The van der Waals surface area contributed by atoms with Gasteiger partial charge in [0.25, 0.3) is 20.2 Å². The summed E-state index contributed by atoms with van der Waals surface area (Å²) < 4.78 is 69.7. The molecular formula is C20H16N6O6S6. The first-order valence-electron chi connectivity index (χ1n) is 10.1. The molecule has 38 heavy (non-hydrogen) atoms. The van der Waals surface area contributed by atoms with Gasteiger partial charge in [0.15, 0.2) is 0 Å². The molecule has 2 aromatic carbocycles. The molecule has 0 unspecified atom stereocenters. The summed E-state index contributed by atoms with van der Waals surface area (Å²) in [6, 6.07) is 10.4. The molecule has 2 heterocycles. The molecule has 198 valence electrons. The van der Waals surface area contributed by atoms with Crippen LogP contribution in [-0.4, -0.2) is 45.9 Å². The number of benzene rings is 2. The molecule has 0 saturated carbocycles. The molecule has 0 amide bonds. The summed E-state index contributed by atoms with van der Waals surface area (Å²) in [6.07, 6.45) is 0. The molecule has 4 aromatic rings. The molecule has 0 aliphatic carbocycles. The highest BCUT2D eigenvalue weighted by Gasteiger charge is 2.24. The van der Waals surface area contributed by atoms with Crippen LogP contribution < -0.4 is 10.6 Å². The second-order valence-corrected chi connectivity index (χ2v) is 12.1. The summed E-state index contributed by atoms with van der Waals surface area (Å²) in [7, 11) is -9.75. The smallest absolute Gasteiger partial charge is 0.295 e. The molecule has 2 aromatic heterocycles. The van der Waals surface area contributed by atoms with Crippen LogP contribution in [0.2, 0.25) is 0 Å². The van der Waals surface area contributed by atoms with Crippen molar-refractivity contribution in [2.24, 2.45) is 0 Å². The molecule has 0 bridgehead atoms. The molecule has 12 nitrogen and oxygen atoms in total. The standard InChI is InChI=1S/C20H16N6O6S6/c27-37(28,29)13-5-9(21-19-23-15(33)7-16(34)24-19)1-3-11(13)12-4-2-10(6-14(12)38(30,31)32)22-20-25-17(35)8-18(36)26-20/h1-8H,(H,27,28,29)(H,30,31,32)(H3,21,23,24,33,34)(H3,22,25,26,35,36). The maximum Gasteiger partial charge on any atom is 0.295 e. The minimum Gasteiger partial charge on any atom is -0.326 e. The van der Waals surface area contributed by atoms with Gasteiger partial charge in [-0.1, -0.05) is 36.6 Å². The molecular weight excluding hydrogens is 613 g/mol. The predicted molar refractivity (Wildman–Crippen MR) is 151 cm³/mol.